The van der Waals surface area contributed by atoms with Crippen LogP contribution in [-0.4, -0.2) is 62.4 Å². The number of rotatable bonds is 6. The van der Waals surface area contributed by atoms with Gasteiger partial charge in [-0.3, -0.25) is 4.79 Å². The molecule has 0 radical (unpaired) electrons. The predicted molar refractivity (Wildman–Crippen MR) is 112 cm³/mol. The fourth-order valence-corrected chi connectivity index (χ4v) is 5.80. The first kappa shape index (κ1) is 21.8. The Balaban J connectivity index is 1.60. The zero-order valence-corrected chi connectivity index (χ0v) is 17.9. The average molecular weight is 419 g/mol. The van der Waals surface area contributed by atoms with Gasteiger partial charge in [-0.05, 0) is 62.8 Å². The second-order valence-electron chi connectivity index (χ2n) is 7.94. The highest BCUT2D eigenvalue weighted by molar-refractivity contribution is 7.89. The van der Waals surface area contributed by atoms with Gasteiger partial charge in [-0.25, -0.2) is 8.42 Å². The summed E-state index contributed by atoms with van der Waals surface area (Å²) in [4.78, 5) is 14.9. The molecule has 1 aromatic carbocycles. The van der Waals surface area contributed by atoms with E-state index in [2.05, 4.69) is 5.92 Å². The normalized spacial score (nSPS) is 21.7. The maximum absolute atomic E-state index is 12.9. The van der Waals surface area contributed by atoms with Crippen molar-refractivity contribution in [3.05, 3.63) is 29.8 Å². The van der Waals surface area contributed by atoms with Gasteiger partial charge in [0, 0.05) is 31.2 Å². The van der Waals surface area contributed by atoms with E-state index in [1.807, 2.05) is 11.8 Å². The van der Waals surface area contributed by atoms with E-state index in [4.69, 9.17) is 11.2 Å². The molecule has 6 nitrogen and oxygen atoms in total. The highest BCUT2D eigenvalue weighted by Crippen LogP contribution is 2.26. The molecule has 2 saturated heterocycles. The van der Waals surface area contributed by atoms with Crippen molar-refractivity contribution in [2.45, 2.75) is 50.0 Å². The van der Waals surface area contributed by atoms with Crippen LogP contribution in [0.25, 0.3) is 0 Å². The number of benzene rings is 1. The third kappa shape index (κ3) is 5.19. The van der Waals surface area contributed by atoms with E-state index in [-0.39, 0.29) is 16.8 Å². The van der Waals surface area contributed by atoms with Crippen LogP contribution >= 0.6 is 0 Å². The molecule has 158 valence electrons. The number of carbonyl (C=O) groups excluding carboxylic acids is 1. The number of hydrogen-bond donors (Lipinski definition) is 0. The highest BCUT2D eigenvalue weighted by Gasteiger charge is 2.31. The van der Waals surface area contributed by atoms with E-state index in [1.54, 1.807) is 28.6 Å². The van der Waals surface area contributed by atoms with Gasteiger partial charge in [0.25, 0.3) is 5.91 Å². The molecule has 0 aliphatic carbocycles. The van der Waals surface area contributed by atoms with Gasteiger partial charge in [-0.2, -0.15) is 4.31 Å². The van der Waals surface area contributed by atoms with Crippen LogP contribution in [0.4, 0.5) is 0 Å². The molecule has 0 saturated carbocycles. The number of amides is 1. The molecule has 2 aliphatic rings. The van der Waals surface area contributed by atoms with Gasteiger partial charge in [0.2, 0.25) is 10.0 Å². The van der Waals surface area contributed by atoms with Crippen molar-refractivity contribution in [1.29, 1.82) is 0 Å². The van der Waals surface area contributed by atoms with E-state index >= 15 is 0 Å². The van der Waals surface area contributed by atoms with Gasteiger partial charge < -0.3 is 9.64 Å². The van der Waals surface area contributed by atoms with Crippen molar-refractivity contribution in [3.63, 3.8) is 0 Å². The van der Waals surface area contributed by atoms with Crippen LogP contribution in [-0.2, 0) is 14.8 Å². The second-order valence-corrected chi connectivity index (χ2v) is 9.83. The summed E-state index contributed by atoms with van der Waals surface area (Å²) in [6.07, 6.45) is 9.80. The first-order valence-electron chi connectivity index (χ1n) is 10.4. The number of carbonyl (C=O) groups is 1. The number of hydrogen-bond acceptors (Lipinski definition) is 4. The van der Waals surface area contributed by atoms with Gasteiger partial charge in [0.1, 0.15) is 6.61 Å². The summed E-state index contributed by atoms with van der Waals surface area (Å²) in [7, 11) is -3.52. The SMILES string of the molecule is C#CCOCC1CCN(C(=O)c2ccc(S(=O)(=O)N3CCCCC3C)cc2)CC1. The number of nitrogens with zero attached hydrogens (tertiary/aromatic N) is 2. The zero-order chi connectivity index (χ0) is 20.9. The topological polar surface area (TPSA) is 66.9 Å². The van der Waals surface area contributed by atoms with Crippen molar-refractivity contribution < 1.29 is 17.9 Å². The van der Waals surface area contributed by atoms with Crippen LogP contribution in [0.2, 0.25) is 0 Å². The monoisotopic (exact) mass is 418 g/mol. The Hall–Kier alpha value is -1.88. The number of ether oxygens (including phenoxy) is 1. The van der Waals surface area contributed by atoms with Crippen molar-refractivity contribution in [2.75, 3.05) is 32.8 Å². The van der Waals surface area contributed by atoms with Crippen LogP contribution < -0.4 is 0 Å². The van der Waals surface area contributed by atoms with Crippen molar-refractivity contribution in [1.82, 2.24) is 9.21 Å². The Kier molecular flexibility index (Phi) is 7.33. The molecule has 2 aliphatic heterocycles. The largest absolute Gasteiger partial charge is 0.369 e. The maximum atomic E-state index is 12.9. The first-order valence-corrected chi connectivity index (χ1v) is 11.8. The molecule has 2 heterocycles. The molecular weight excluding hydrogens is 388 g/mol. The lowest BCUT2D eigenvalue weighted by atomic mass is 9.97. The standard InChI is InChI=1S/C22H30N2O4S/c1-3-16-28-17-19-11-14-23(15-12-19)22(25)20-7-9-21(10-8-20)29(26,27)24-13-5-4-6-18(24)2/h1,7-10,18-19H,4-6,11-17H2,2H3. The Morgan fingerprint density at radius 2 is 1.83 bits per heavy atom. The third-order valence-electron chi connectivity index (χ3n) is 5.89. The van der Waals surface area contributed by atoms with E-state index in [1.165, 1.54) is 0 Å². The van der Waals surface area contributed by atoms with Crippen molar-refractivity contribution >= 4 is 15.9 Å². The molecule has 3 rings (SSSR count). The zero-order valence-electron chi connectivity index (χ0n) is 17.0. The Labute approximate surface area is 174 Å². The van der Waals surface area contributed by atoms with Crippen LogP contribution in [0.1, 0.15) is 49.4 Å². The molecule has 1 unspecified atom stereocenters. The number of likely N-dealkylation sites (tertiary alicyclic amines) is 1. The predicted octanol–water partition coefficient (Wildman–Crippen LogP) is 2.75. The van der Waals surface area contributed by atoms with E-state index in [9.17, 15) is 13.2 Å². The van der Waals surface area contributed by atoms with Crippen molar-refractivity contribution in [3.8, 4) is 12.3 Å². The molecule has 1 atom stereocenters. The molecule has 29 heavy (non-hydrogen) atoms. The minimum atomic E-state index is -3.52. The smallest absolute Gasteiger partial charge is 0.253 e. The second kappa shape index (κ2) is 9.75. The van der Waals surface area contributed by atoms with Gasteiger partial charge >= 0.3 is 0 Å². The Morgan fingerprint density at radius 1 is 1.14 bits per heavy atom. The van der Waals surface area contributed by atoms with Gasteiger partial charge in [0.05, 0.1) is 11.5 Å². The lowest BCUT2D eigenvalue weighted by Crippen LogP contribution is -2.42. The summed E-state index contributed by atoms with van der Waals surface area (Å²) in [6, 6.07) is 6.40. The van der Waals surface area contributed by atoms with E-state index < -0.39 is 10.0 Å². The summed E-state index contributed by atoms with van der Waals surface area (Å²) in [6.45, 7) is 4.82. The fraction of sp³-hybridized carbons (Fsp3) is 0.591. The van der Waals surface area contributed by atoms with Crippen LogP contribution in [0.5, 0.6) is 0 Å². The molecule has 2 fully saturated rings. The average Bonchev–Trinajstić information content (AvgIpc) is 2.74. The third-order valence-corrected chi connectivity index (χ3v) is 7.92. The Bertz CT molecular complexity index is 837. The highest BCUT2D eigenvalue weighted by atomic mass is 32.2. The molecule has 0 bridgehead atoms. The van der Waals surface area contributed by atoms with Gasteiger partial charge in [0.15, 0.2) is 0 Å². The fourth-order valence-electron chi connectivity index (χ4n) is 4.10. The van der Waals surface area contributed by atoms with E-state index in [0.717, 1.165) is 32.1 Å². The first-order chi connectivity index (χ1) is 13.9. The van der Waals surface area contributed by atoms with Gasteiger partial charge in [-0.15, -0.1) is 6.42 Å². The molecule has 1 amide bonds. The number of terminal acetylenes is 1. The quantitative estimate of drug-likeness (QED) is 0.526. The molecule has 0 N–H and O–H groups in total. The minimum Gasteiger partial charge on any atom is -0.369 e. The maximum Gasteiger partial charge on any atom is 0.253 e. The summed E-state index contributed by atoms with van der Waals surface area (Å²) >= 11 is 0. The Morgan fingerprint density at radius 3 is 2.45 bits per heavy atom. The number of piperidine rings is 2. The lowest BCUT2D eigenvalue weighted by molar-refractivity contribution is 0.0582. The molecule has 0 spiro atoms. The van der Waals surface area contributed by atoms with Crippen LogP contribution in [0, 0.1) is 18.3 Å². The summed E-state index contributed by atoms with van der Waals surface area (Å²) in [5.41, 5.74) is 0.526. The van der Waals surface area contributed by atoms with Crippen LogP contribution in [0.3, 0.4) is 0 Å². The van der Waals surface area contributed by atoms with Gasteiger partial charge in [-0.1, -0.05) is 12.3 Å². The summed E-state index contributed by atoms with van der Waals surface area (Å²) in [5, 5.41) is 0. The van der Waals surface area contributed by atoms with Crippen molar-refractivity contribution in [2.24, 2.45) is 5.92 Å². The molecule has 1 aromatic rings. The molecular formula is C22H30N2O4S. The summed E-state index contributed by atoms with van der Waals surface area (Å²) < 4.78 is 32.9. The van der Waals surface area contributed by atoms with E-state index in [0.29, 0.717) is 44.3 Å². The lowest BCUT2D eigenvalue weighted by Gasteiger charge is -2.32. The number of sulfonamides is 1. The molecule has 7 heteroatoms. The molecule has 0 aromatic heterocycles. The summed E-state index contributed by atoms with van der Waals surface area (Å²) in [5.74, 6) is 2.83. The minimum absolute atomic E-state index is 0.0148. The van der Waals surface area contributed by atoms with Crippen LogP contribution in [0.15, 0.2) is 29.2 Å².